The molecule has 0 amide bonds. The van der Waals surface area contributed by atoms with E-state index in [9.17, 15) is 4.79 Å². The number of Topliss-reactive ketones (excluding diaryl/α,β-unsaturated/α-hetero) is 1. The molecule has 4 atom stereocenters. The van der Waals surface area contributed by atoms with Gasteiger partial charge in [0, 0.05) is 5.41 Å². The van der Waals surface area contributed by atoms with Crippen molar-refractivity contribution >= 4 is 5.78 Å². The van der Waals surface area contributed by atoms with E-state index >= 15 is 0 Å². The Kier molecular flexibility index (Phi) is 3.46. The van der Waals surface area contributed by atoms with Crippen LogP contribution in [0.4, 0.5) is 0 Å². The molecular weight excluding hydrogens is 282 g/mol. The van der Waals surface area contributed by atoms with Crippen molar-refractivity contribution in [2.75, 3.05) is 20.6 Å². The van der Waals surface area contributed by atoms with Crippen molar-refractivity contribution in [3.63, 3.8) is 0 Å². The molecule has 0 aliphatic heterocycles. The van der Waals surface area contributed by atoms with Crippen molar-refractivity contribution in [2.24, 2.45) is 17.3 Å². The minimum absolute atomic E-state index is 0.0285. The van der Waals surface area contributed by atoms with Gasteiger partial charge in [0.2, 0.25) is 0 Å². The molecule has 0 radical (unpaired) electrons. The summed E-state index contributed by atoms with van der Waals surface area (Å²) in [4.78, 5) is 15.1. The number of ketones is 1. The van der Waals surface area contributed by atoms with Crippen LogP contribution in [0.15, 0.2) is 24.3 Å². The third-order valence-corrected chi connectivity index (χ3v) is 6.78. The highest BCUT2D eigenvalue weighted by atomic mass is 16.1. The molecule has 4 saturated carbocycles. The Balaban J connectivity index is 1.70. The van der Waals surface area contributed by atoms with Gasteiger partial charge >= 0.3 is 0 Å². The minimum atomic E-state index is -0.0285. The third kappa shape index (κ3) is 2.46. The predicted octanol–water partition coefficient (Wildman–Crippen LogP) is 3.96. The molecule has 0 saturated heterocycles. The average Bonchev–Trinajstić information content (AvgIpc) is 2.45. The SMILES string of the molecule is Cc1ccc(C23C[C@@H]4C[C@@H](CC(C(=O)CN(C)C)(C4)C2)C3)cc1. The molecule has 2 heteroatoms. The van der Waals surface area contributed by atoms with Gasteiger partial charge in [-0.15, -0.1) is 0 Å². The topological polar surface area (TPSA) is 20.3 Å². The highest BCUT2D eigenvalue weighted by Gasteiger charge is 2.60. The lowest BCUT2D eigenvalue weighted by Gasteiger charge is -2.62. The Morgan fingerprint density at radius 2 is 1.70 bits per heavy atom. The zero-order chi connectivity index (χ0) is 16.2. The van der Waals surface area contributed by atoms with Crippen molar-refractivity contribution in [2.45, 2.75) is 50.9 Å². The van der Waals surface area contributed by atoms with Crippen LogP contribution in [0.5, 0.6) is 0 Å². The van der Waals surface area contributed by atoms with Gasteiger partial charge in [-0.3, -0.25) is 4.79 Å². The molecule has 5 rings (SSSR count). The van der Waals surface area contributed by atoms with Gasteiger partial charge in [0.1, 0.15) is 0 Å². The molecule has 0 N–H and O–H groups in total. The van der Waals surface area contributed by atoms with Gasteiger partial charge < -0.3 is 4.90 Å². The first-order chi connectivity index (χ1) is 10.9. The van der Waals surface area contributed by atoms with E-state index in [0.29, 0.717) is 12.3 Å². The maximum Gasteiger partial charge on any atom is 0.152 e. The Bertz CT molecular complexity index is 601. The first-order valence-corrected chi connectivity index (χ1v) is 9.16. The van der Waals surface area contributed by atoms with Crippen LogP contribution in [-0.2, 0) is 10.2 Å². The van der Waals surface area contributed by atoms with Crippen molar-refractivity contribution in [1.82, 2.24) is 4.90 Å². The lowest BCUT2D eigenvalue weighted by molar-refractivity contribution is -0.147. The summed E-state index contributed by atoms with van der Waals surface area (Å²) in [5.41, 5.74) is 3.08. The number of benzene rings is 1. The molecule has 2 unspecified atom stereocenters. The standard InChI is InChI=1S/C21H29NO/c1-15-4-6-18(7-5-15)20-9-16-8-17(10-20)12-21(11-16,14-20)19(23)13-22(2)3/h4-7,16-17H,8-14H2,1-3H3/t16-,17+,20?,21?. The Morgan fingerprint density at radius 1 is 1.09 bits per heavy atom. The second kappa shape index (κ2) is 5.17. The van der Waals surface area contributed by atoms with Crippen LogP contribution < -0.4 is 0 Å². The molecule has 0 spiro atoms. The third-order valence-electron chi connectivity index (χ3n) is 6.78. The summed E-state index contributed by atoms with van der Waals surface area (Å²) in [5.74, 6) is 2.04. The highest BCUT2D eigenvalue weighted by Crippen LogP contribution is 2.66. The monoisotopic (exact) mass is 311 g/mol. The Hall–Kier alpha value is -1.15. The van der Waals surface area contributed by atoms with Gasteiger partial charge in [0.15, 0.2) is 5.78 Å². The number of hydrogen-bond acceptors (Lipinski definition) is 2. The second-order valence-corrected chi connectivity index (χ2v) is 9.05. The van der Waals surface area contributed by atoms with Gasteiger partial charge in [-0.25, -0.2) is 0 Å². The van der Waals surface area contributed by atoms with Crippen molar-refractivity contribution < 1.29 is 4.79 Å². The van der Waals surface area contributed by atoms with Crippen LogP contribution in [0, 0.1) is 24.2 Å². The van der Waals surface area contributed by atoms with E-state index in [1.165, 1.54) is 30.4 Å². The summed E-state index contributed by atoms with van der Waals surface area (Å²) >= 11 is 0. The van der Waals surface area contributed by atoms with Gasteiger partial charge in [-0.2, -0.15) is 0 Å². The summed E-state index contributed by atoms with van der Waals surface area (Å²) in [6.07, 6.45) is 7.40. The molecule has 1 aromatic carbocycles. The maximum atomic E-state index is 13.1. The summed E-state index contributed by atoms with van der Waals surface area (Å²) in [5, 5.41) is 0. The van der Waals surface area contributed by atoms with E-state index in [2.05, 4.69) is 36.1 Å². The minimum Gasteiger partial charge on any atom is -0.302 e. The molecule has 124 valence electrons. The summed E-state index contributed by atoms with van der Waals surface area (Å²) in [6, 6.07) is 9.18. The molecule has 4 bridgehead atoms. The highest BCUT2D eigenvalue weighted by molar-refractivity contribution is 5.87. The van der Waals surface area contributed by atoms with Crippen LogP contribution in [0.25, 0.3) is 0 Å². The number of rotatable bonds is 4. The Labute approximate surface area is 140 Å². The lowest BCUT2D eigenvalue weighted by atomic mass is 9.42. The summed E-state index contributed by atoms with van der Waals surface area (Å²) in [6.45, 7) is 2.77. The molecule has 0 heterocycles. The van der Waals surface area contributed by atoms with Gasteiger partial charge in [-0.1, -0.05) is 29.8 Å². The average molecular weight is 311 g/mol. The van der Waals surface area contributed by atoms with Crippen LogP contribution in [-0.4, -0.2) is 31.3 Å². The van der Waals surface area contributed by atoms with E-state index in [-0.39, 0.29) is 10.8 Å². The van der Waals surface area contributed by atoms with Gasteiger partial charge in [-0.05, 0) is 82.4 Å². The number of aryl methyl sites for hydroxylation is 1. The lowest BCUT2D eigenvalue weighted by Crippen LogP contribution is -2.57. The van der Waals surface area contributed by atoms with Crippen molar-refractivity contribution in [3.05, 3.63) is 35.4 Å². The normalized spacial score (nSPS) is 38.3. The fourth-order valence-electron chi connectivity index (χ4n) is 6.29. The molecule has 4 aliphatic rings. The van der Waals surface area contributed by atoms with Gasteiger partial charge in [0.25, 0.3) is 0 Å². The van der Waals surface area contributed by atoms with Crippen LogP contribution in [0.3, 0.4) is 0 Å². The number of carbonyl (C=O) groups is 1. The van der Waals surface area contributed by atoms with E-state index in [0.717, 1.165) is 31.1 Å². The molecule has 4 fully saturated rings. The van der Waals surface area contributed by atoms with Crippen LogP contribution >= 0.6 is 0 Å². The molecular formula is C21H29NO. The molecule has 1 aromatic rings. The zero-order valence-electron chi connectivity index (χ0n) is 14.8. The van der Waals surface area contributed by atoms with Gasteiger partial charge in [0.05, 0.1) is 6.54 Å². The molecule has 0 aromatic heterocycles. The first kappa shape index (κ1) is 15.4. The van der Waals surface area contributed by atoms with E-state index in [1.54, 1.807) is 0 Å². The first-order valence-electron chi connectivity index (χ1n) is 9.16. The largest absolute Gasteiger partial charge is 0.302 e. The van der Waals surface area contributed by atoms with Crippen LogP contribution in [0.1, 0.15) is 49.7 Å². The predicted molar refractivity (Wildman–Crippen MR) is 93.5 cm³/mol. The van der Waals surface area contributed by atoms with E-state index < -0.39 is 0 Å². The van der Waals surface area contributed by atoms with E-state index in [1.807, 2.05) is 14.1 Å². The second-order valence-electron chi connectivity index (χ2n) is 9.05. The maximum absolute atomic E-state index is 13.1. The molecule has 4 aliphatic carbocycles. The Morgan fingerprint density at radius 3 is 2.26 bits per heavy atom. The number of nitrogens with zero attached hydrogens (tertiary/aromatic N) is 1. The quantitative estimate of drug-likeness (QED) is 0.839. The summed E-state index contributed by atoms with van der Waals surface area (Å²) < 4.78 is 0. The smallest absolute Gasteiger partial charge is 0.152 e. The fourth-order valence-corrected chi connectivity index (χ4v) is 6.29. The fraction of sp³-hybridized carbons (Fsp3) is 0.667. The number of carbonyl (C=O) groups excluding carboxylic acids is 1. The molecule has 2 nitrogen and oxygen atoms in total. The summed E-state index contributed by atoms with van der Waals surface area (Å²) in [7, 11) is 4.04. The number of hydrogen-bond donors (Lipinski definition) is 0. The van der Waals surface area contributed by atoms with Crippen molar-refractivity contribution in [3.8, 4) is 0 Å². The molecule has 23 heavy (non-hydrogen) atoms. The number of likely N-dealkylation sites (N-methyl/N-ethyl adjacent to an activating group) is 1. The van der Waals surface area contributed by atoms with Crippen molar-refractivity contribution in [1.29, 1.82) is 0 Å². The zero-order valence-corrected chi connectivity index (χ0v) is 14.8. The van der Waals surface area contributed by atoms with Crippen LogP contribution in [0.2, 0.25) is 0 Å². The van der Waals surface area contributed by atoms with E-state index in [4.69, 9.17) is 0 Å².